The number of amides is 2. The summed E-state index contributed by atoms with van der Waals surface area (Å²) in [6.45, 7) is 8.60. The van der Waals surface area contributed by atoms with Crippen molar-refractivity contribution in [2.45, 2.75) is 46.0 Å². The molecule has 0 aliphatic carbocycles. The highest BCUT2D eigenvalue weighted by Crippen LogP contribution is 2.28. The first kappa shape index (κ1) is 16.9. The average molecular weight is 334 g/mol. The number of likely N-dealkylation sites (tertiary alicyclic amines) is 2. The molecule has 2 amide bonds. The molecule has 0 radical (unpaired) electrons. The number of carbonyl (C=O) groups excluding carboxylic acids is 2. The van der Waals surface area contributed by atoms with Crippen LogP contribution in [-0.4, -0.2) is 57.9 Å². The summed E-state index contributed by atoms with van der Waals surface area (Å²) < 4.78 is 5.06. The Bertz CT molecular complexity index is 613. The summed E-state index contributed by atoms with van der Waals surface area (Å²) in [4.78, 5) is 33.0. The minimum Gasteiger partial charge on any atom is -0.342 e. The summed E-state index contributed by atoms with van der Waals surface area (Å²) in [7, 11) is 0. The van der Waals surface area contributed by atoms with E-state index in [0.717, 1.165) is 25.9 Å². The van der Waals surface area contributed by atoms with Crippen molar-refractivity contribution in [3.8, 4) is 0 Å². The van der Waals surface area contributed by atoms with Crippen molar-refractivity contribution in [1.29, 1.82) is 0 Å². The number of rotatable bonds is 4. The second-order valence-electron chi connectivity index (χ2n) is 7.39. The predicted octanol–water partition coefficient (Wildman–Crippen LogP) is 1.59. The lowest BCUT2D eigenvalue weighted by molar-refractivity contribution is -0.137. The van der Waals surface area contributed by atoms with Gasteiger partial charge in [0.15, 0.2) is 5.82 Å². The minimum atomic E-state index is -0.206. The van der Waals surface area contributed by atoms with Gasteiger partial charge in [-0.05, 0) is 18.8 Å². The van der Waals surface area contributed by atoms with Crippen molar-refractivity contribution >= 4 is 11.8 Å². The van der Waals surface area contributed by atoms with Crippen molar-refractivity contribution in [2.75, 3.05) is 26.2 Å². The summed E-state index contributed by atoms with van der Waals surface area (Å²) in [6, 6.07) is 0. The molecule has 132 valence electrons. The number of hydrogen-bond donors (Lipinski definition) is 0. The Morgan fingerprint density at radius 2 is 2.17 bits per heavy atom. The molecular formula is C17H26N4O3. The van der Waals surface area contributed by atoms with Crippen LogP contribution >= 0.6 is 0 Å². The van der Waals surface area contributed by atoms with Crippen LogP contribution in [0.5, 0.6) is 0 Å². The average Bonchev–Trinajstić information content (AvgIpc) is 3.13. The fourth-order valence-corrected chi connectivity index (χ4v) is 3.68. The lowest BCUT2D eigenvalue weighted by Crippen LogP contribution is -2.43. The van der Waals surface area contributed by atoms with Gasteiger partial charge in [0.1, 0.15) is 0 Å². The van der Waals surface area contributed by atoms with E-state index in [-0.39, 0.29) is 23.7 Å². The monoisotopic (exact) mass is 334 g/mol. The highest BCUT2D eigenvalue weighted by atomic mass is 16.5. The number of hydrogen-bond acceptors (Lipinski definition) is 5. The lowest BCUT2D eigenvalue weighted by Gasteiger charge is -2.33. The Labute approximate surface area is 142 Å². The minimum absolute atomic E-state index is 0.0968. The van der Waals surface area contributed by atoms with Crippen LogP contribution in [-0.2, 0) is 9.59 Å². The van der Waals surface area contributed by atoms with Gasteiger partial charge in [-0.15, -0.1) is 0 Å². The van der Waals surface area contributed by atoms with Crippen molar-refractivity contribution in [2.24, 2.45) is 11.8 Å². The van der Waals surface area contributed by atoms with Gasteiger partial charge < -0.3 is 14.3 Å². The van der Waals surface area contributed by atoms with Gasteiger partial charge in [-0.1, -0.05) is 19.0 Å². The van der Waals surface area contributed by atoms with Gasteiger partial charge in [-0.3, -0.25) is 9.59 Å². The summed E-state index contributed by atoms with van der Waals surface area (Å²) in [5, 5.41) is 4.00. The molecule has 2 saturated heterocycles. The van der Waals surface area contributed by atoms with Crippen LogP contribution in [0.25, 0.3) is 0 Å². The number of carbonyl (C=O) groups is 2. The third kappa shape index (κ3) is 3.60. The molecule has 0 saturated carbocycles. The molecule has 2 unspecified atom stereocenters. The van der Waals surface area contributed by atoms with Gasteiger partial charge in [-0.2, -0.15) is 4.98 Å². The Hall–Kier alpha value is -1.92. The lowest BCUT2D eigenvalue weighted by atomic mass is 9.95. The van der Waals surface area contributed by atoms with E-state index < -0.39 is 0 Å². The van der Waals surface area contributed by atoms with Crippen LogP contribution in [0.3, 0.4) is 0 Å². The van der Waals surface area contributed by atoms with Crippen molar-refractivity contribution in [1.82, 2.24) is 19.9 Å². The highest BCUT2D eigenvalue weighted by molar-refractivity contribution is 5.89. The molecule has 2 fully saturated rings. The summed E-state index contributed by atoms with van der Waals surface area (Å²) in [5.74, 6) is 1.78. The molecule has 0 aromatic carbocycles. The second kappa shape index (κ2) is 6.91. The zero-order valence-corrected chi connectivity index (χ0v) is 14.7. The van der Waals surface area contributed by atoms with E-state index in [1.807, 2.05) is 9.80 Å². The number of aromatic nitrogens is 2. The molecule has 3 heterocycles. The molecule has 1 aromatic rings. The molecule has 0 spiro atoms. The van der Waals surface area contributed by atoms with Crippen LogP contribution in [0.1, 0.15) is 50.7 Å². The second-order valence-corrected chi connectivity index (χ2v) is 7.39. The zero-order chi connectivity index (χ0) is 17.3. The molecule has 0 N–H and O–H groups in total. The van der Waals surface area contributed by atoms with Gasteiger partial charge in [0.05, 0.1) is 5.92 Å². The number of aryl methyl sites for hydroxylation is 1. The van der Waals surface area contributed by atoms with Gasteiger partial charge in [0.25, 0.3) is 0 Å². The molecule has 1 aromatic heterocycles. The smallest absolute Gasteiger partial charge is 0.228 e. The van der Waals surface area contributed by atoms with Gasteiger partial charge in [0, 0.05) is 45.4 Å². The Morgan fingerprint density at radius 3 is 2.83 bits per heavy atom. The maximum Gasteiger partial charge on any atom is 0.228 e. The molecule has 2 atom stereocenters. The predicted molar refractivity (Wildman–Crippen MR) is 87.1 cm³/mol. The molecule has 2 aliphatic heterocycles. The van der Waals surface area contributed by atoms with E-state index in [4.69, 9.17) is 4.52 Å². The fraction of sp³-hybridized carbons (Fsp3) is 0.765. The molecule has 2 aliphatic rings. The topological polar surface area (TPSA) is 79.5 Å². The van der Waals surface area contributed by atoms with Crippen LogP contribution in [0.4, 0.5) is 0 Å². The fourth-order valence-electron chi connectivity index (χ4n) is 3.68. The van der Waals surface area contributed by atoms with Crippen molar-refractivity contribution in [3.05, 3.63) is 11.7 Å². The molecule has 24 heavy (non-hydrogen) atoms. The SMILES string of the molecule is Cc1nc(C2CCCN(C(=O)C3CC(=O)N(CC(C)C)C3)C2)no1. The molecule has 0 bridgehead atoms. The van der Waals surface area contributed by atoms with E-state index >= 15 is 0 Å². The molecule has 7 nitrogen and oxygen atoms in total. The van der Waals surface area contributed by atoms with Gasteiger partial charge >= 0.3 is 0 Å². The number of nitrogens with zero attached hydrogens (tertiary/aromatic N) is 4. The first-order chi connectivity index (χ1) is 11.4. The van der Waals surface area contributed by atoms with E-state index in [1.54, 1.807) is 6.92 Å². The third-order valence-electron chi connectivity index (χ3n) is 4.79. The highest BCUT2D eigenvalue weighted by Gasteiger charge is 2.38. The first-order valence-corrected chi connectivity index (χ1v) is 8.80. The largest absolute Gasteiger partial charge is 0.342 e. The normalized spacial score (nSPS) is 24.9. The molecular weight excluding hydrogens is 308 g/mol. The third-order valence-corrected chi connectivity index (χ3v) is 4.79. The van der Waals surface area contributed by atoms with E-state index in [9.17, 15) is 9.59 Å². The van der Waals surface area contributed by atoms with Crippen molar-refractivity contribution < 1.29 is 14.1 Å². The van der Waals surface area contributed by atoms with E-state index in [0.29, 0.717) is 37.1 Å². The van der Waals surface area contributed by atoms with Crippen LogP contribution in [0, 0.1) is 18.8 Å². The van der Waals surface area contributed by atoms with Gasteiger partial charge in [0.2, 0.25) is 17.7 Å². The maximum absolute atomic E-state index is 12.8. The van der Waals surface area contributed by atoms with Crippen LogP contribution in [0.2, 0.25) is 0 Å². The number of piperidine rings is 1. The first-order valence-electron chi connectivity index (χ1n) is 8.80. The van der Waals surface area contributed by atoms with Crippen LogP contribution in [0.15, 0.2) is 4.52 Å². The molecule has 7 heteroatoms. The quantitative estimate of drug-likeness (QED) is 0.835. The Morgan fingerprint density at radius 1 is 1.38 bits per heavy atom. The summed E-state index contributed by atoms with van der Waals surface area (Å²) in [6.07, 6.45) is 2.24. The summed E-state index contributed by atoms with van der Waals surface area (Å²) in [5.41, 5.74) is 0. The van der Waals surface area contributed by atoms with Crippen LogP contribution < -0.4 is 0 Å². The molecule has 3 rings (SSSR count). The van der Waals surface area contributed by atoms with Gasteiger partial charge in [-0.25, -0.2) is 0 Å². The maximum atomic E-state index is 12.8. The summed E-state index contributed by atoms with van der Waals surface area (Å²) >= 11 is 0. The Kier molecular flexibility index (Phi) is 4.87. The van der Waals surface area contributed by atoms with Crippen molar-refractivity contribution in [3.63, 3.8) is 0 Å². The standard InChI is InChI=1S/C17H26N4O3/c1-11(2)8-21-10-14(7-15(21)22)17(23)20-6-4-5-13(9-20)16-18-12(3)24-19-16/h11,13-14H,4-10H2,1-3H3. The Balaban J connectivity index is 1.61. The van der Waals surface area contributed by atoms with E-state index in [2.05, 4.69) is 24.0 Å². The van der Waals surface area contributed by atoms with E-state index in [1.165, 1.54) is 0 Å². The zero-order valence-electron chi connectivity index (χ0n) is 14.7.